The van der Waals surface area contributed by atoms with Gasteiger partial charge in [-0.3, -0.25) is 0 Å². The van der Waals surface area contributed by atoms with Crippen LogP contribution >= 0.6 is 0 Å². The van der Waals surface area contributed by atoms with E-state index >= 15 is 0 Å². The molecule has 1 rings (SSSR count). The Bertz CT molecular complexity index is 468. The van der Waals surface area contributed by atoms with Gasteiger partial charge in [0.2, 0.25) is 0 Å². The quantitative estimate of drug-likeness (QED) is 0.687. The van der Waals surface area contributed by atoms with Gasteiger partial charge in [-0.15, -0.1) is 0 Å². The van der Waals surface area contributed by atoms with Gasteiger partial charge in [0.25, 0.3) is 0 Å². The number of nitrogens with one attached hydrogen (secondary N) is 2. The third-order valence-electron chi connectivity index (χ3n) is 3.62. The summed E-state index contributed by atoms with van der Waals surface area (Å²) in [5.41, 5.74) is 0.813. The maximum atomic E-state index is 13.4. The number of amides is 2. The van der Waals surface area contributed by atoms with Crippen molar-refractivity contribution in [1.82, 2.24) is 15.5 Å². The Morgan fingerprint density at radius 1 is 1.41 bits per heavy atom. The molecule has 3 N–H and O–H groups in total. The second-order valence-electron chi connectivity index (χ2n) is 5.51. The first-order valence-corrected chi connectivity index (χ1v) is 7.55. The van der Waals surface area contributed by atoms with E-state index in [-0.39, 0.29) is 30.5 Å². The number of rotatable bonds is 8. The lowest BCUT2D eigenvalue weighted by Crippen LogP contribution is -2.44. The number of urea groups is 1. The first kappa shape index (κ1) is 18.4. The lowest BCUT2D eigenvalue weighted by molar-refractivity contribution is 0.222. The number of halogens is 1. The predicted molar refractivity (Wildman–Crippen MR) is 85.1 cm³/mol. The summed E-state index contributed by atoms with van der Waals surface area (Å²) in [4.78, 5) is 13.8. The molecule has 0 aromatic heterocycles. The first-order valence-electron chi connectivity index (χ1n) is 7.55. The maximum Gasteiger partial charge on any atom is 0.315 e. The minimum atomic E-state index is -0.289. The summed E-state index contributed by atoms with van der Waals surface area (Å²) in [6.45, 7) is 2.37. The molecule has 0 radical (unpaired) electrons. The highest BCUT2D eigenvalue weighted by molar-refractivity contribution is 5.74. The zero-order valence-electron chi connectivity index (χ0n) is 13.5. The van der Waals surface area contributed by atoms with Gasteiger partial charge in [-0.2, -0.15) is 0 Å². The number of carbonyl (C=O) groups excluding carboxylic acids is 1. The van der Waals surface area contributed by atoms with Gasteiger partial charge in [-0.1, -0.05) is 19.1 Å². The van der Waals surface area contributed by atoms with Crippen molar-refractivity contribution in [1.29, 1.82) is 0 Å². The Labute approximate surface area is 131 Å². The van der Waals surface area contributed by atoms with Crippen LogP contribution in [0.2, 0.25) is 0 Å². The molecular weight excluding hydrogens is 285 g/mol. The van der Waals surface area contributed by atoms with Crippen LogP contribution in [0.15, 0.2) is 24.3 Å². The van der Waals surface area contributed by atoms with Crippen LogP contribution in [0.3, 0.4) is 0 Å². The van der Waals surface area contributed by atoms with Gasteiger partial charge in [-0.05, 0) is 44.6 Å². The average Bonchev–Trinajstić information content (AvgIpc) is 2.46. The minimum Gasteiger partial charge on any atom is -0.396 e. The standard InChI is InChI=1S/C16H26FN3O2/c1-4-14(8-9-21)19-16(22)18-11-15(20(2)3)12-6-5-7-13(17)10-12/h5-7,10,14-15,21H,4,8-9,11H2,1-3H3,(H2,18,19,22). The van der Waals surface area contributed by atoms with Gasteiger partial charge >= 0.3 is 6.03 Å². The number of aliphatic hydroxyl groups is 1. The van der Waals surface area contributed by atoms with Gasteiger partial charge in [0.15, 0.2) is 0 Å². The van der Waals surface area contributed by atoms with Crippen LogP contribution in [0, 0.1) is 5.82 Å². The number of carbonyl (C=O) groups is 1. The molecule has 2 unspecified atom stereocenters. The molecule has 0 saturated heterocycles. The lowest BCUT2D eigenvalue weighted by atomic mass is 10.1. The van der Waals surface area contributed by atoms with Gasteiger partial charge in [-0.25, -0.2) is 9.18 Å². The second kappa shape index (κ2) is 9.38. The van der Waals surface area contributed by atoms with Crippen molar-refractivity contribution in [3.8, 4) is 0 Å². The van der Waals surface area contributed by atoms with Crippen molar-refractivity contribution in [2.45, 2.75) is 31.8 Å². The normalized spacial score (nSPS) is 13.7. The zero-order chi connectivity index (χ0) is 16.5. The van der Waals surface area contributed by atoms with Crippen molar-refractivity contribution in [3.63, 3.8) is 0 Å². The van der Waals surface area contributed by atoms with Crippen LogP contribution in [0.1, 0.15) is 31.4 Å². The van der Waals surface area contributed by atoms with Gasteiger partial charge in [0.1, 0.15) is 5.82 Å². The largest absolute Gasteiger partial charge is 0.396 e. The molecule has 6 heteroatoms. The Morgan fingerprint density at radius 2 is 2.14 bits per heavy atom. The summed E-state index contributed by atoms with van der Waals surface area (Å²) < 4.78 is 13.4. The fourth-order valence-electron chi connectivity index (χ4n) is 2.27. The van der Waals surface area contributed by atoms with E-state index in [2.05, 4.69) is 10.6 Å². The fraction of sp³-hybridized carbons (Fsp3) is 0.562. The van der Waals surface area contributed by atoms with Gasteiger partial charge < -0.3 is 20.6 Å². The van der Waals surface area contributed by atoms with Crippen LogP contribution in [-0.4, -0.2) is 49.3 Å². The van der Waals surface area contributed by atoms with Crippen molar-refractivity contribution >= 4 is 6.03 Å². The summed E-state index contributed by atoms with van der Waals surface area (Å²) >= 11 is 0. The Morgan fingerprint density at radius 3 is 2.68 bits per heavy atom. The number of aliphatic hydroxyl groups excluding tert-OH is 1. The van der Waals surface area contributed by atoms with Crippen molar-refractivity contribution in [3.05, 3.63) is 35.6 Å². The predicted octanol–water partition coefficient (Wildman–Crippen LogP) is 1.89. The summed E-state index contributed by atoms with van der Waals surface area (Å²) in [6.07, 6.45) is 1.29. The summed E-state index contributed by atoms with van der Waals surface area (Å²) in [5, 5.41) is 14.6. The Kier molecular flexibility index (Phi) is 7.84. The number of hydrogen-bond donors (Lipinski definition) is 3. The molecule has 0 bridgehead atoms. The highest BCUT2D eigenvalue weighted by Gasteiger charge is 2.17. The lowest BCUT2D eigenvalue weighted by Gasteiger charge is -2.26. The molecule has 0 aliphatic heterocycles. The van der Waals surface area contributed by atoms with Crippen molar-refractivity contribution < 1.29 is 14.3 Å². The molecule has 1 aromatic carbocycles. The molecule has 0 heterocycles. The number of benzene rings is 1. The molecule has 2 atom stereocenters. The van der Waals surface area contributed by atoms with Gasteiger partial charge in [0, 0.05) is 19.2 Å². The molecule has 1 aromatic rings. The molecule has 124 valence electrons. The fourth-order valence-corrected chi connectivity index (χ4v) is 2.27. The van der Waals surface area contributed by atoms with E-state index < -0.39 is 0 Å². The SMILES string of the molecule is CCC(CCO)NC(=O)NCC(c1cccc(F)c1)N(C)C. The van der Waals surface area contributed by atoms with Crippen LogP contribution in [0.25, 0.3) is 0 Å². The molecule has 2 amide bonds. The third kappa shape index (κ3) is 5.99. The number of likely N-dealkylation sites (N-methyl/N-ethyl adjacent to an activating group) is 1. The topological polar surface area (TPSA) is 64.6 Å². The van der Waals surface area contributed by atoms with E-state index in [4.69, 9.17) is 5.11 Å². The highest BCUT2D eigenvalue weighted by atomic mass is 19.1. The Hall–Kier alpha value is -1.66. The van der Waals surface area contributed by atoms with E-state index in [0.717, 1.165) is 12.0 Å². The third-order valence-corrected chi connectivity index (χ3v) is 3.62. The minimum absolute atomic E-state index is 0.0440. The van der Waals surface area contributed by atoms with E-state index in [1.54, 1.807) is 6.07 Å². The summed E-state index contributed by atoms with van der Waals surface area (Å²) in [7, 11) is 3.77. The van der Waals surface area contributed by atoms with Crippen LogP contribution in [0.4, 0.5) is 9.18 Å². The van der Waals surface area contributed by atoms with E-state index in [1.807, 2.05) is 32.0 Å². The van der Waals surface area contributed by atoms with Gasteiger partial charge in [0.05, 0.1) is 6.04 Å². The van der Waals surface area contributed by atoms with E-state index in [9.17, 15) is 9.18 Å². The maximum absolute atomic E-state index is 13.4. The average molecular weight is 311 g/mol. The smallest absolute Gasteiger partial charge is 0.315 e. The molecule has 22 heavy (non-hydrogen) atoms. The second-order valence-corrected chi connectivity index (χ2v) is 5.51. The number of hydrogen-bond acceptors (Lipinski definition) is 3. The van der Waals surface area contributed by atoms with E-state index in [0.29, 0.717) is 13.0 Å². The van der Waals surface area contributed by atoms with Crippen molar-refractivity contribution in [2.75, 3.05) is 27.2 Å². The molecule has 0 spiro atoms. The molecule has 0 aliphatic carbocycles. The van der Waals surface area contributed by atoms with E-state index in [1.165, 1.54) is 12.1 Å². The zero-order valence-corrected chi connectivity index (χ0v) is 13.5. The molecule has 0 saturated carbocycles. The molecular formula is C16H26FN3O2. The van der Waals surface area contributed by atoms with Crippen LogP contribution in [0.5, 0.6) is 0 Å². The highest BCUT2D eigenvalue weighted by Crippen LogP contribution is 2.18. The monoisotopic (exact) mass is 311 g/mol. The summed E-state index contributed by atoms with van der Waals surface area (Å²) in [6, 6.07) is 5.95. The molecule has 5 nitrogen and oxygen atoms in total. The molecule has 0 aliphatic rings. The van der Waals surface area contributed by atoms with Crippen molar-refractivity contribution in [2.24, 2.45) is 0 Å². The van der Waals surface area contributed by atoms with Crippen LogP contribution in [-0.2, 0) is 0 Å². The van der Waals surface area contributed by atoms with Crippen LogP contribution < -0.4 is 10.6 Å². The molecule has 0 fully saturated rings. The first-order chi connectivity index (χ1) is 10.5. The number of nitrogens with zero attached hydrogens (tertiary/aromatic N) is 1. The summed E-state index contributed by atoms with van der Waals surface area (Å²) in [5.74, 6) is -0.289. The Balaban J connectivity index is 2.60.